The number of hydroxylamine groups is 2. The maximum atomic E-state index is 13.4. The molecule has 13 nitrogen and oxygen atoms in total. The summed E-state index contributed by atoms with van der Waals surface area (Å²) in [4.78, 5) is 65.1. The number of aryl methyl sites for hydroxylation is 1. The Bertz CT molecular complexity index is 1500. The van der Waals surface area contributed by atoms with Crippen LogP contribution in [-0.4, -0.2) is 53.5 Å². The highest BCUT2D eigenvalue weighted by molar-refractivity contribution is 7.32. The van der Waals surface area contributed by atoms with E-state index in [1.165, 1.54) is 11.1 Å². The number of amides is 4. The summed E-state index contributed by atoms with van der Waals surface area (Å²) in [6.07, 6.45) is 4.35. The van der Waals surface area contributed by atoms with E-state index in [-0.39, 0.29) is 24.9 Å². The van der Waals surface area contributed by atoms with E-state index in [9.17, 15) is 23.7 Å². The van der Waals surface area contributed by atoms with Crippen molar-refractivity contribution in [3.8, 4) is 11.3 Å². The number of benzene rings is 2. The van der Waals surface area contributed by atoms with Gasteiger partial charge < -0.3 is 25.3 Å². The number of furan rings is 1. The molecule has 0 bridgehead atoms. The largest absolute Gasteiger partial charge is 0.451 e. The molecule has 0 saturated carbocycles. The smallest absolute Gasteiger partial charge is 0.318 e. The Hall–Kier alpha value is -4.29. The van der Waals surface area contributed by atoms with Gasteiger partial charge in [0.1, 0.15) is 19.1 Å². The van der Waals surface area contributed by atoms with Crippen molar-refractivity contribution in [2.45, 2.75) is 65.5 Å². The van der Waals surface area contributed by atoms with E-state index in [0.717, 1.165) is 24.8 Å². The van der Waals surface area contributed by atoms with Crippen LogP contribution >= 0.6 is 8.25 Å². The number of unbranched alkanes of at least 4 members (excludes halogenated alkanes) is 2. The Labute approximate surface area is 274 Å². The first-order valence-corrected chi connectivity index (χ1v) is 16.8. The normalized spacial score (nSPS) is 12.9. The Kier molecular flexibility index (Phi) is 15.3. The molecule has 254 valence electrons. The van der Waals surface area contributed by atoms with Gasteiger partial charge in [-0.05, 0) is 55.2 Å². The Morgan fingerprint density at radius 1 is 1.00 bits per heavy atom. The van der Waals surface area contributed by atoms with Crippen molar-refractivity contribution in [1.82, 2.24) is 21.0 Å². The average molecular weight is 671 g/mol. The number of rotatable bonds is 20. The standard InChI is InChI=1S/C33H43N4O9P/c1-4-6-8-13-27(28(5-2)37(22-38)44-19-24-11-9-7-10-12-24)32(40)34-20-35-33(41)30-17-16-29(46-30)25-14-15-26(23(3)18-25)31(39)36-21-45-47(42)43/h7,9-12,14-18,22,27-28,47H,4-6,8,13,19-21H2,1-3H3,(H,34,40)(H,35,41)(H,36,39)(H,42,43)/t27-,28-/m1/s1. The molecule has 3 atom stereocenters. The third kappa shape index (κ3) is 11.5. The first-order chi connectivity index (χ1) is 22.7. The lowest BCUT2D eigenvalue weighted by atomic mass is 9.90. The van der Waals surface area contributed by atoms with Crippen molar-refractivity contribution >= 4 is 32.4 Å². The van der Waals surface area contributed by atoms with Crippen LogP contribution in [0.4, 0.5) is 0 Å². The highest BCUT2D eigenvalue weighted by Gasteiger charge is 2.32. The number of carbonyl (C=O) groups is 4. The van der Waals surface area contributed by atoms with Gasteiger partial charge in [-0.1, -0.05) is 69.5 Å². The van der Waals surface area contributed by atoms with Crippen LogP contribution in [0, 0.1) is 12.8 Å². The van der Waals surface area contributed by atoms with Gasteiger partial charge in [-0.15, -0.1) is 0 Å². The van der Waals surface area contributed by atoms with Crippen molar-refractivity contribution in [3.63, 3.8) is 0 Å². The van der Waals surface area contributed by atoms with Crippen molar-refractivity contribution in [2.75, 3.05) is 13.4 Å². The summed E-state index contributed by atoms with van der Waals surface area (Å²) >= 11 is 0. The van der Waals surface area contributed by atoms with Crippen LogP contribution < -0.4 is 16.0 Å². The molecule has 1 heterocycles. The Morgan fingerprint density at radius 2 is 1.77 bits per heavy atom. The molecule has 4 amide bonds. The lowest BCUT2D eigenvalue weighted by molar-refractivity contribution is -0.200. The van der Waals surface area contributed by atoms with Crippen molar-refractivity contribution in [1.29, 1.82) is 0 Å². The fourth-order valence-corrected chi connectivity index (χ4v) is 5.25. The second-order valence-corrected chi connectivity index (χ2v) is 11.6. The molecule has 47 heavy (non-hydrogen) atoms. The number of carbonyl (C=O) groups excluding carboxylic acids is 4. The number of hydrogen-bond donors (Lipinski definition) is 4. The summed E-state index contributed by atoms with van der Waals surface area (Å²) in [6.45, 7) is 5.32. The zero-order valence-corrected chi connectivity index (χ0v) is 27.8. The Morgan fingerprint density at radius 3 is 2.43 bits per heavy atom. The van der Waals surface area contributed by atoms with Gasteiger partial charge in [0, 0.05) is 11.1 Å². The molecule has 1 aromatic heterocycles. The molecular weight excluding hydrogens is 627 g/mol. The molecule has 14 heteroatoms. The molecule has 0 radical (unpaired) electrons. The third-order valence-corrected chi connectivity index (χ3v) is 7.91. The molecule has 3 aromatic rings. The summed E-state index contributed by atoms with van der Waals surface area (Å²) in [5, 5.41) is 9.04. The van der Waals surface area contributed by atoms with Gasteiger partial charge in [-0.2, -0.15) is 0 Å². The molecule has 0 fully saturated rings. The summed E-state index contributed by atoms with van der Waals surface area (Å²) in [5.41, 5.74) is 2.47. The van der Waals surface area contributed by atoms with E-state index in [0.29, 0.717) is 41.7 Å². The molecular formula is C33H43N4O9P. The first kappa shape index (κ1) is 37.2. The van der Waals surface area contributed by atoms with E-state index < -0.39 is 38.8 Å². The van der Waals surface area contributed by atoms with Crippen molar-refractivity contribution in [2.24, 2.45) is 5.92 Å². The SMILES string of the molecule is CCCCC[C@@H](C(=O)NCNC(=O)c1ccc(-c2ccc(C(=O)NCO[PH](=O)O)c(C)c2)o1)[C@@H](CC)N(C=O)OCc1ccccc1. The van der Waals surface area contributed by atoms with Gasteiger partial charge in [-0.3, -0.25) is 33.1 Å². The van der Waals surface area contributed by atoms with E-state index in [1.807, 2.05) is 37.3 Å². The lowest BCUT2D eigenvalue weighted by Gasteiger charge is -2.32. The van der Waals surface area contributed by atoms with Gasteiger partial charge in [-0.25, -0.2) is 5.06 Å². The average Bonchev–Trinajstić information content (AvgIpc) is 3.56. The predicted molar refractivity (Wildman–Crippen MR) is 175 cm³/mol. The van der Waals surface area contributed by atoms with E-state index in [1.54, 1.807) is 31.2 Å². The molecule has 0 saturated heterocycles. The van der Waals surface area contributed by atoms with Gasteiger partial charge in [0.2, 0.25) is 12.3 Å². The summed E-state index contributed by atoms with van der Waals surface area (Å²) < 4.78 is 20.9. The van der Waals surface area contributed by atoms with Crippen LogP contribution in [0.5, 0.6) is 0 Å². The second kappa shape index (κ2) is 19.4. The highest BCUT2D eigenvalue weighted by Crippen LogP contribution is 2.25. The first-order valence-electron chi connectivity index (χ1n) is 15.5. The molecule has 0 spiro atoms. The quantitative estimate of drug-likeness (QED) is 0.0436. The zero-order valence-electron chi connectivity index (χ0n) is 26.8. The summed E-state index contributed by atoms with van der Waals surface area (Å²) in [5.74, 6) is -1.46. The minimum Gasteiger partial charge on any atom is -0.451 e. The maximum absolute atomic E-state index is 13.4. The van der Waals surface area contributed by atoms with E-state index in [2.05, 4.69) is 27.4 Å². The summed E-state index contributed by atoms with van der Waals surface area (Å²) in [7, 11) is -3.15. The fourth-order valence-electron chi connectivity index (χ4n) is 5.06. The minimum atomic E-state index is -3.15. The molecule has 0 aliphatic carbocycles. The molecule has 0 aliphatic rings. The lowest BCUT2D eigenvalue weighted by Crippen LogP contribution is -2.48. The van der Waals surface area contributed by atoms with Gasteiger partial charge in [0.25, 0.3) is 11.8 Å². The van der Waals surface area contributed by atoms with Crippen LogP contribution in [0.1, 0.15) is 78.0 Å². The highest BCUT2D eigenvalue weighted by atomic mass is 31.1. The molecule has 3 rings (SSSR count). The second-order valence-electron chi connectivity index (χ2n) is 10.8. The zero-order chi connectivity index (χ0) is 34.2. The van der Waals surface area contributed by atoms with Crippen molar-refractivity contribution < 1.29 is 42.4 Å². The monoisotopic (exact) mass is 670 g/mol. The van der Waals surface area contributed by atoms with Crippen LogP contribution in [-0.2, 0) is 30.1 Å². The third-order valence-electron chi connectivity index (χ3n) is 7.52. The van der Waals surface area contributed by atoms with Gasteiger partial charge in [0.15, 0.2) is 5.76 Å². The molecule has 1 unspecified atom stereocenters. The number of hydrogen-bond acceptors (Lipinski definition) is 8. The fraction of sp³-hybridized carbons (Fsp3) is 0.394. The van der Waals surface area contributed by atoms with Crippen LogP contribution in [0.25, 0.3) is 11.3 Å². The number of nitrogens with zero attached hydrogens (tertiary/aromatic N) is 1. The van der Waals surface area contributed by atoms with Crippen LogP contribution in [0.3, 0.4) is 0 Å². The predicted octanol–water partition coefficient (Wildman–Crippen LogP) is 4.71. The topological polar surface area (TPSA) is 177 Å². The number of nitrogens with one attached hydrogen (secondary N) is 3. The van der Waals surface area contributed by atoms with E-state index >= 15 is 0 Å². The van der Waals surface area contributed by atoms with Crippen molar-refractivity contribution in [3.05, 3.63) is 83.1 Å². The van der Waals surface area contributed by atoms with Gasteiger partial charge in [0.05, 0.1) is 18.6 Å². The van der Waals surface area contributed by atoms with Crippen LogP contribution in [0.15, 0.2) is 65.1 Å². The molecule has 4 N–H and O–H groups in total. The Balaban J connectivity index is 1.59. The molecule has 0 aliphatic heterocycles. The molecule has 2 aromatic carbocycles. The maximum Gasteiger partial charge on any atom is 0.318 e. The minimum absolute atomic E-state index is 0.0254. The van der Waals surface area contributed by atoms with Crippen LogP contribution in [0.2, 0.25) is 0 Å². The van der Waals surface area contributed by atoms with E-state index in [4.69, 9.17) is 14.1 Å². The van der Waals surface area contributed by atoms with Gasteiger partial charge >= 0.3 is 8.25 Å². The summed E-state index contributed by atoms with van der Waals surface area (Å²) in [6, 6.07) is 17.0.